The second-order valence-corrected chi connectivity index (χ2v) is 8.35. The van der Waals surface area contributed by atoms with Gasteiger partial charge >= 0.3 is 6.18 Å². The molecule has 2 N–H and O–H groups in total. The zero-order valence-electron chi connectivity index (χ0n) is 16.1. The van der Waals surface area contributed by atoms with Gasteiger partial charge < -0.3 is 10.1 Å². The SMILES string of the molecule is CC(C)Oc1ccc(NS(=O)(=O)CC(=O)NCc2ccc(F)cc2C(F)(F)F)cc1. The van der Waals surface area contributed by atoms with Crippen LogP contribution in [0.15, 0.2) is 42.5 Å². The zero-order valence-corrected chi connectivity index (χ0v) is 16.9. The van der Waals surface area contributed by atoms with Gasteiger partial charge in [0, 0.05) is 12.2 Å². The fraction of sp³-hybridized carbons (Fsp3) is 0.316. The second kappa shape index (κ2) is 9.33. The van der Waals surface area contributed by atoms with Crippen LogP contribution in [-0.4, -0.2) is 26.2 Å². The molecule has 0 saturated heterocycles. The number of benzene rings is 2. The lowest BCUT2D eigenvalue weighted by Gasteiger charge is -2.14. The van der Waals surface area contributed by atoms with Crippen molar-refractivity contribution in [3.8, 4) is 5.75 Å². The van der Waals surface area contributed by atoms with Crippen LogP contribution in [0.25, 0.3) is 0 Å². The van der Waals surface area contributed by atoms with Crippen molar-refractivity contribution in [2.45, 2.75) is 32.7 Å². The number of carbonyl (C=O) groups is 1. The minimum atomic E-state index is -4.82. The van der Waals surface area contributed by atoms with E-state index in [1.165, 1.54) is 12.1 Å². The van der Waals surface area contributed by atoms with Gasteiger partial charge in [0.05, 0.1) is 11.7 Å². The molecule has 164 valence electrons. The van der Waals surface area contributed by atoms with E-state index in [1.54, 1.807) is 12.1 Å². The van der Waals surface area contributed by atoms with E-state index in [0.29, 0.717) is 11.8 Å². The third-order valence-electron chi connectivity index (χ3n) is 3.67. The highest BCUT2D eigenvalue weighted by atomic mass is 32.2. The molecule has 0 aliphatic heterocycles. The molecule has 0 saturated carbocycles. The summed E-state index contributed by atoms with van der Waals surface area (Å²) in [5.41, 5.74) is -1.44. The van der Waals surface area contributed by atoms with E-state index < -0.39 is 45.8 Å². The van der Waals surface area contributed by atoms with Gasteiger partial charge in [0.1, 0.15) is 17.3 Å². The van der Waals surface area contributed by atoms with Crippen molar-refractivity contribution in [2.75, 3.05) is 10.5 Å². The van der Waals surface area contributed by atoms with Crippen LogP contribution in [0.4, 0.5) is 23.2 Å². The summed E-state index contributed by atoms with van der Waals surface area (Å²) in [6.45, 7) is 3.06. The van der Waals surface area contributed by atoms with Crippen molar-refractivity contribution in [3.05, 3.63) is 59.4 Å². The summed E-state index contributed by atoms with van der Waals surface area (Å²) in [5, 5.41) is 2.10. The molecule has 0 radical (unpaired) electrons. The molecular weight excluding hydrogens is 428 g/mol. The van der Waals surface area contributed by atoms with Crippen molar-refractivity contribution >= 4 is 21.6 Å². The molecular formula is C19H20F4N2O4S. The summed E-state index contributed by atoms with van der Waals surface area (Å²) in [4.78, 5) is 11.9. The van der Waals surface area contributed by atoms with Crippen molar-refractivity contribution < 1.29 is 35.5 Å². The molecule has 0 spiro atoms. The van der Waals surface area contributed by atoms with Gasteiger partial charge in [-0.25, -0.2) is 12.8 Å². The molecule has 0 bridgehead atoms. The molecule has 2 aromatic carbocycles. The van der Waals surface area contributed by atoms with Crippen LogP contribution in [0, 0.1) is 5.82 Å². The lowest BCUT2D eigenvalue weighted by molar-refractivity contribution is -0.138. The first-order chi connectivity index (χ1) is 13.9. The number of alkyl halides is 3. The number of amides is 1. The van der Waals surface area contributed by atoms with Gasteiger partial charge in [0.25, 0.3) is 0 Å². The first-order valence-electron chi connectivity index (χ1n) is 8.75. The Morgan fingerprint density at radius 1 is 1.10 bits per heavy atom. The maximum absolute atomic E-state index is 13.1. The maximum Gasteiger partial charge on any atom is 0.416 e. The number of hydrogen-bond acceptors (Lipinski definition) is 4. The number of sulfonamides is 1. The summed E-state index contributed by atoms with van der Waals surface area (Å²) in [6.07, 6.45) is -4.88. The van der Waals surface area contributed by atoms with Crippen molar-refractivity contribution in [1.29, 1.82) is 0 Å². The molecule has 6 nitrogen and oxygen atoms in total. The number of nitrogens with one attached hydrogen (secondary N) is 2. The fourth-order valence-corrected chi connectivity index (χ4v) is 3.49. The predicted octanol–water partition coefficient (Wildman–Crippen LogP) is 3.69. The first-order valence-corrected chi connectivity index (χ1v) is 10.4. The van der Waals surface area contributed by atoms with Crippen LogP contribution < -0.4 is 14.8 Å². The molecule has 0 unspecified atom stereocenters. The molecule has 2 rings (SSSR count). The van der Waals surface area contributed by atoms with Crippen LogP contribution in [0.2, 0.25) is 0 Å². The van der Waals surface area contributed by atoms with Crippen LogP contribution in [0.5, 0.6) is 5.75 Å². The predicted molar refractivity (Wildman–Crippen MR) is 103 cm³/mol. The Labute approximate surface area is 171 Å². The van der Waals surface area contributed by atoms with Crippen molar-refractivity contribution in [3.63, 3.8) is 0 Å². The van der Waals surface area contributed by atoms with Gasteiger partial charge in [-0.3, -0.25) is 9.52 Å². The van der Waals surface area contributed by atoms with Crippen molar-refractivity contribution in [2.24, 2.45) is 0 Å². The van der Waals surface area contributed by atoms with Gasteiger partial charge in [0.2, 0.25) is 15.9 Å². The Balaban J connectivity index is 1.97. The Morgan fingerprint density at radius 2 is 1.73 bits per heavy atom. The van der Waals surface area contributed by atoms with E-state index in [9.17, 15) is 30.8 Å². The molecule has 0 fully saturated rings. The molecule has 2 aromatic rings. The lowest BCUT2D eigenvalue weighted by atomic mass is 10.1. The molecule has 0 heterocycles. The minimum absolute atomic E-state index is 0.0600. The highest BCUT2D eigenvalue weighted by molar-refractivity contribution is 7.93. The number of ether oxygens (including phenoxy) is 1. The number of hydrogen-bond donors (Lipinski definition) is 2. The molecule has 0 aliphatic rings. The summed E-state index contributed by atoms with van der Waals surface area (Å²) in [7, 11) is -4.10. The monoisotopic (exact) mass is 448 g/mol. The van der Waals surface area contributed by atoms with E-state index in [1.807, 2.05) is 13.8 Å². The van der Waals surface area contributed by atoms with E-state index >= 15 is 0 Å². The van der Waals surface area contributed by atoms with Gasteiger partial charge in [-0.2, -0.15) is 13.2 Å². The molecule has 0 atom stereocenters. The summed E-state index contributed by atoms with van der Waals surface area (Å²) in [6, 6.07) is 8.00. The van der Waals surface area contributed by atoms with Gasteiger partial charge in [0.15, 0.2) is 0 Å². The topological polar surface area (TPSA) is 84.5 Å². The van der Waals surface area contributed by atoms with Gasteiger partial charge in [-0.15, -0.1) is 0 Å². The fourth-order valence-electron chi connectivity index (χ4n) is 2.47. The average Bonchev–Trinajstić information content (AvgIpc) is 2.60. The maximum atomic E-state index is 13.1. The Hall–Kier alpha value is -2.82. The number of halogens is 4. The van der Waals surface area contributed by atoms with E-state index in [4.69, 9.17) is 4.74 Å². The first kappa shape index (κ1) is 23.5. The highest BCUT2D eigenvalue weighted by Crippen LogP contribution is 2.32. The highest BCUT2D eigenvalue weighted by Gasteiger charge is 2.33. The van der Waals surface area contributed by atoms with Crippen molar-refractivity contribution in [1.82, 2.24) is 5.32 Å². The van der Waals surface area contributed by atoms with Crippen LogP contribution in [-0.2, 0) is 27.5 Å². The van der Waals surface area contributed by atoms with E-state index in [-0.39, 0.29) is 17.4 Å². The smallest absolute Gasteiger partial charge is 0.416 e. The van der Waals surface area contributed by atoms with Crippen LogP contribution >= 0.6 is 0 Å². The zero-order chi connectivity index (χ0) is 22.5. The Morgan fingerprint density at radius 3 is 2.30 bits per heavy atom. The molecule has 0 aromatic heterocycles. The third-order valence-corrected chi connectivity index (χ3v) is 4.86. The number of carbonyl (C=O) groups excluding carboxylic acids is 1. The van der Waals surface area contributed by atoms with Gasteiger partial charge in [-0.05, 0) is 55.8 Å². The summed E-state index contributed by atoms with van der Waals surface area (Å²) >= 11 is 0. The third kappa shape index (κ3) is 7.21. The summed E-state index contributed by atoms with van der Waals surface area (Å²) < 4.78 is 83.9. The number of rotatable bonds is 8. The minimum Gasteiger partial charge on any atom is -0.491 e. The average molecular weight is 448 g/mol. The van der Waals surface area contributed by atoms with E-state index in [0.717, 1.165) is 12.1 Å². The Kier molecular flexibility index (Phi) is 7.30. The van der Waals surface area contributed by atoms with Crippen LogP contribution in [0.3, 0.4) is 0 Å². The summed E-state index contributed by atoms with van der Waals surface area (Å²) in [5.74, 6) is -2.56. The molecule has 11 heteroatoms. The lowest BCUT2D eigenvalue weighted by Crippen LogP contribution is -2.33. The number of anilines is 1. The molecule has 0 aliphatic carbocycles. The van der Waals surface area contributed by atoms with E-state index in [2.05, 4.69) is 10.0 Å². The van der Waals surface area contributed by atoms with Crippen LogP contribution in [0.1, 0.15) is 25.0 Å². The Bertz CT molecular complexity index is 991. The van der Waals surface area contributed by atoms with Gasteiger partial charge in [-0.1, -0.05) is 6.07 Å². The quantitative estimate of drug-likeness (QED) is 0.604. The largest absolute Gasteiger partial charge is 0.491 e. The molecule has 1 amide bonds. The second-order valence-electron chi connectivity index (χ2n) is 6.63. The normalized spacial score (nSPS) is 12.0. The standard InChI is InChI=1S/C19H20F4N2O4S/c1-12(2)29-16-7-5-15(6-8-16)25-30(27,28)11-18(26)24-10-13-3-4-14(20)9-17(13)19(21,22)23/h3-9,12,25H,10-11H2,1-2H3,(H,24,26). The molecule has 30 heavy (non-hydrogen) atoms.